The fourth-order valence-corrected chi connectivity index (χ4v) is 3.61. The summed E-state index contributed by atoms with van der Waals surface area (Å²) in [4.78, 5) is 28.0. The van der Waals surface area contributed by atoms with Crippen LogP contribution in [0.25, 0.3) is 0 Å². The highest BCUT2D eigenvalue weighted by Crippen LogP contribution is 2.28. The molecular formula is C19H28N4O2. The summed E-state index contributed by atoms with van der Waals surface area (Å²) >= 11 is 0. The minimum atomic E-state index is 0.0198. The SMILES string of the molecule is CC1(CN)CCN(CCC(=O)Nc2ccc(N3CCCC3=O)cc2)C1. The van der Waals surface area contributed by atoms with E-state index in [1.165, 1.54) is 0 Å². The molecule has 0 radical (unpaired) electrons. The Morgan fingerprint density at radius 2 is 2.04 bits per heavy atom. The van der Waals surface area contributed by atoms with E-state index in [0.29, 0.717) is 19.4 Å². The van der Waals surface area contributed by atoms with Crippen molar-refractivity contribution in [3.05, 3.63) is 24.3 Å². The maximum atomic E-state index is 12.2. The van der Waals surface area contributed by atoms with E-state index < -0.39 is 0 Å². The smallest absolute Gasteiger partial charge is 0.227 e. The van der Waals surface area contributed by atoms with Gasteiger partial charge in [0, 0.05) is 43.9 Å². The van der Waals surface area contributed by atoms with Gasteiger partial charge < -0.3 is 20.9 Å². The van der Waals surface area contributed by atoms with Crippen LogP contribution in [0.5, 0.6) is 0 Å². The van der Waals surface area contributed by atoms with Crippen LogP contribution >= 0.6 is 0 Å². The number of nitrogens with zero attached hydrogens (tertiary/aromatic N) is 2. The van der Waals surface area contributed by atoms with E-state index in [-0.39, 0.29) is 17.2 Å². The number of anilines is 2. The third kappa shape index (κ3) is 4.38. The van der Waals surface area contributed by atoms with Crippen LogP contribution in [-0.2, 0) is 9.59 Å². The third-order valence-corrected chi connectivity index (χ3v) is 5.32. The molecule has 136 valence electrons. The number of nitrogens with one attached hydrogen (secondary N) is 1. The summed E-state index contributed by atoms with van der Waals surface area (Å²) in [5, 5.41) is 2.94. The van der Waals surface area contributed by atoms with Gasteiger partial charge in [-0.2, -0.15) is 0 Å². The lowest BCUT2D eigenvalue weighted by molar-refractivity contribution is -0.117. The monoisotopic (exact) mass is 344 g/mol. The van der Waals surface area contributed by atoms with Gasteiger partial charge in [0.1, 0.15) is 0 Å². The van der Waals surface area contributed by atoms with Crippen molar-refractivity contribution in [2.45, 2.75) is 32.6 Å². The standard InChI is InChI=1S/C19H28N4O2/c1-19(13-20)9-12-22(14-19)11-8-17(24)21-15-4-6-16(7-5-15)23-10-2-3-18(23)25/h4-7H,2-3,8-14,20H2,1H3,(H,21,24). The molecule has 2 amide bonds. The molecule has 2 saturated heterocycles. The van der Waals surface area contributed by atoms with E-state index in [2.05, 4.69) is 17.1 Å². The highest BCUT2D eigenvalue weighted by atomic mass is 16.2. The van der Waals surface area contributed by atoms with E-state index in [0.717, 1.165) is 50.4 Å². The molecule has 1 aromatic carbocycles. The Balaban J connectivity index is 1.46. The number of carbonyl (C=O) groups is 2. The molecule has 0 saturated carbocycles. The molecule has 1 atom stereocenters. The van der Waals surface area contributed by atoms with Crippen molar-refractivity contribution in [2.75, 3.05) is 42.9 Å². The van der Waals surface area contributed by atoms with Crippen molar-refractivity contribution in [3.8, 4) is 0 Å². The number of nitrogens with two attached hydrogens (primary N) is 1. The van der Waals surface area contributed by atoms with Crippen molar-refractivity contribution in [3.63, 3.8) is 0 Å². The molecule has 0 spiro atoms. The Bertz CT molecular complexity index is 631. The minimum Gasteiger partial charge on any atom is -0.330 e. The Morgan fingerprint density at radius 1 is 1.28 bits per heavy atom. The fraction of sp³-hybridized carbons (Fsp3) is 0.579. The molecule has 3 N–H and O–H groups in total. The lowest BCUT2D eigenvalue weighted by atomic mass is 9.90. The highest BCUT2D eigenvalue weighted by Gasteiger charge is 2.32. The fourth-order valence-electron chi connectivity index (χ4n) is 3.61. The van der Waals surface area contributed by atoms with Gasteiger partial charge in [0.25, 0.3) is 0 Å². The Labute approximate surface area is 149 Å². The van der Waals surface area contributed by atoms with Gasteiger partial charge in [-0.1, -0.05) is 6.92 Å². The average molecular weight is 344 g/mol. The first-order valence-corrected chi connectivity index (χ1v) is 9.12. The number of hydrogen-bond donors (Lipinski definition) is 2. The van der Waals surface area contributed by atoms with Gasteiger partial charge in [-0.25, -0.2) is 0 Å². The Hall–Kier alpha value is -1.92. The van der Waals surface area contributed by atoms with Crippen molar-refractivity contribution in [2.24, 2.45) is 11.1 Å². The summed E-state index contributed by atoms with van der Waals surface area (Å²) in [6.07, 6.45) is 3.12. The largest absolute Gasteiger partial charge is 0.330 e. The molecule has 3 rings (SSSR count). The first-order chi connectivity index (χ1) is 12.0. The van der Waals surface area contributed by atoms with Crippen molar-refractivity contribution >= 4 is 23.2 Å². The first-order valence-electron chi connectivity index (χ1n) is 9.12. The molecule has 0 aliphatic carbocycles. The van der Waals surface area contributed by atoms with Crippen LogP contribution < -0.4 is 16.0 Å². The first kappa shape index (κ1) is 17.9. The second kappa shape index (κ2) is 7.54. The maximum Gasteiger partial charge on any atom is 0.227 e. The molecule has 6 heteroatoms. The van der Waals surface area contributed by atoms with Crippen LogP contribution in [0.15, 0.2) is 24.3 Å². The van der Waals surface area contributed by atoms with Gasteiger partial charge in [0.2, 0.25) is 11.8 Å². The number of likely N-dealkylation sites (tertiary alicyclic amines) is 1. The molecule has 6 nitrogen and oxygen atoms in total. The molecular weight excluding hydrogens is 316 g/mol. The topological polar surface area (TPSA) is 78.7 Å². The lowest BCUT2D eigenvalue weighted by Crippen LogP contribution is -2.32. The van der Waals surface area contributed by atoms with E-state index in [1.807, 2.05) is 24.3 Å². The number of amides is 2. The normalized spacial score (nSPS) is 24.1. The van der Waals surface area contributed by atoms with E-state index in [9.17, 15) is 9.59 Å². The molecule has 25 heavy (non-hydrogen) atoms. The quantitative estimate of drug-likeness (QED) is 0.825. The summed E-state index contributed by atoms with van der Waals surface area (Å²) in [7, 11) is 0. The van der Waals surface area contributed by atoms with Crippen LogP contribution in [0, 0.1) is 5.41 Å². The maximum absolute atomic E-state index is 12.2. The lowest BCUT2D eigenvalue weighted by Gasteiger charge is -2.22. The molecule has 1 aromatic rings. The third-order valence-electron chi connectivity index (χ3n) is 5.32. The van der Waals surface area contributed by atoms with E-state index in [4.69, 9.17) is 5.73 Å². The summed E-state index contributed by atoms with van der Waals surface area (Å²) < 4.78 is 0. The Kier molecular flexibility index (Phi) is 5.39. The number of carbonyl (C=O) groups excluding carboxylic acids is 2. The molecule has 2 aliphatic heterocycles. The van der Waals surface area contributed by atoms with Crippen LogP contribution in [-0.4, -0.2) is 49.4 Å². The van der Waals surface area contributed by atoms with Gasteiger partial charge in [0.05, 0.1) is 0 Å². The van der Waals surface area contributed by atoms with Crippen molar-refractivity contribution in [1.82, 2.24) is 4.90 Å². The summed E-state index contributed by atoms with van der Waals surface area (Å²) in [6.45, 7) is 6.43. The van der Waals surface area contributed by atoms with Crippen molar-refractivity contribution < 1.29 is 9.59 Å². The predicted molar refractivity (Wildman–Crippen MR) is 99.5 cm³/mol. The number of hydrogen-bond acceptors (Lipinski definition) is 4. The second-order valence-electron chi connectivity index (χ2n) is 7.53. The Morgan fingerprint density at radius 3 is 2.64 bits per heavy atom. The van der Waals surface area contributed by atoms with Crippen LogP contribution in [0.1, 0.15) is 32.6 Å². The highest BCUT2D eigenvalue weighted by molar-refractivity contribution is 5.96. The van der Waals surface area contributed by atoms with Gasteiger partial charge in [-0.05, 0) is 55.6 Å². The molecule has 0 aromatic heterocycles. The van der Waals surface area contributed by atoms with Crippen LogP contribution in [0.2, 0.25) is 0 Å². The molecule has 1 unspecified atom stereocenters. The molecule has 0 bridgehead atoms. The second-order valence-corrected chi connectivity index (χ2v) is 7.53. The van der Waals surface area contributed by atoms with Gasteiger partial charge in [0.15, 0.2) is 0 Å². The van der Waals surface area contributed by atoms with Crippen LogP contribution in [0.3, 0.4) is 0 Å². The molecule has 2 heterocycles. The summed E-state index contributed by atoms with van der Waals surface area (Å²) in [5.74, 6) is 0.193. The minimum absolute atomic E-state index is 0.0198. The summed E-state index contributed by atoms with van der Waals surface area (Å²) in [6, 6.07) is 7.51. The molecule has 2 fully saturated rings. The van der Waals surface area contributed by atoms with E-state index >= 15 is 0 Å². The van der Waals surface area contributed by atoms with Gasteiger partial charge in [-0.15, -0.1) is 0 Å². The number of benzene rings is 1. The number of rotatable bonds is 6. The average Bonchev–Trinajstić information content (AvgIpc) is 3.20. The predicted octanol–water partition coefficient (Wildman–Crippen LogP) is 1.81. The molecule has 2 aliphatic rings. The van der Waals surface area contributed by atoms with Gasteiger partial charge in [-0.3, -0.25) is 9.59 Å². The van der Waals surface area contributed by atoms with Gasteiger partial charge >= 0.3 is 0 Å². The zero-order valence-corrected chi connectivity index (χ0v) is 15.0. The summed E-state index contributed by atoms with van der Waals surface area (Å²) in [5.41, 5.74) is 7.69. The van der Waals surface area contributed by atoms with E-state index in [1.54, 1.807) is 4.90 Å². The zero-order chi connectivity index (χ0) is 17.9. The van der Waals surface area contributed by atoms with Crippen LogP contribution in [0.4, 0.5) is 11.4 Å². The zero-order valence-electron chi connectivity index (χ0n) is 15.0. The van der Waals surface area contributed by atoms with Crippen molar-refractivity contribution in [1.29, 1.82) is 0 Å².